The van der Waals surface area contributed by atoms with E-state index >= 15 is 0 Å². The SMILES string of the molecule is CC(C)C(=O)CC1CCCCC1. The Bertz CT molecular complexity index is 143. The molecule has 1 aliphatic rings. The molecule has 1 nitrogen and oxygen atoms in total. The minimum atomic E-state index is 0.243. The highest BCUT2D eigenvalue weighted by molar-refractivity contribution is 5.80. The Morgan fingerprint density at radius 1 is 1.25 bits per heavy atom. The zero-order valence-electron chi connectivity index (χ0n) is 8.31. The third-order valence-corrected chi connectivity index (χ3v) is 2.86. The first kappa shape index (κ1) is 9.76. The van der Waals surface area contributed by atoms with Gasteiger partial charge < -0.3 is 0 Å². The summed E-state index contributed by atoms with van der Waals surface area (Å²) in [5, 5.41) is 0. The minimum Gasteiger partial charge on any atom is -0.299 e. The first-order chi connectivity index (χ1) is 5.70. The molecule has 0 N–H and O–H groups in total. The van der Waals surface area contributed by atoms with Crippen molar-refractivity contribution in [2.75, 3.05) is 0 Å². The summed E-state index contributed by atoms with van der Waals surface area (Å²) in [6.45, 7) is 4.01. The van der Waals surface area contributed by atoms with Crippen molar-refractivity contribution in [2.24, 2.45) is 11.8 Å². The third kappa shape index (κ3) is 2.96. The lowest BCUT2D eigenvalue weighted by Crippen LogP contribution is -2.15. The predicted octanol–water partition coefficient (Wildman–Crippen LogP) is 3.18. The van der Waals surface area contributed by atoms with Gasteiger partial charge in [-0.1, -0.05) is 46.0 Å². The molecule has 0 bridgehead atoms. The van der Waals surface area contributed by atoms with E-state index < -0.39 is 0 Å². The molecule has 70 valence electrons. The van der Waals surface area contributed by atoms with Gasteiger partial charge in [0.05, 0.1) is 0 Å². The van der Waals surface area contributed by atoms with Crippen LogP contribution in [0.15, 0.2) is 0 Å². The largest absolute Gasteiger partial charge is 0.299 e. The van der Waals surface area contributed by atoms with Crippen molar-refractivity contribution in [2.45, 2.75) is 52.4 Å². The van der Waals surface area contributed by atoms with E-state index in [9.17, 15) is 4.79 Å². The second-order valence-electron chi connectivity index (χ2n) is 4.33. The number of hydrogen-bond donors (Lipinski definition) is 0. The van der Waals surface area contributed by atoms with Crippen LogP contribution in [0.2, 0.25) is 0 Å². The van der Waals surface area contributed by atoms with Gasteiger partial charge in [0.2, 0.25) is 0 Å². The molecule has 0 heterocycles. The Labute approximate surface area is 75.5 Å². The molecule has 0 aromatic heterocycles. The molecule has 0 unspecified atom stereocenters. The summed E-state index contributed by atoms with van der Waals surface area (Å²) in [6.07, 6.45) is 7.49. The van der Waals surface area contributed by atoms with E-state index in [1.54, 1.807) is 0 Å². The van der Waals surface area contributed by atoms with Crippen LogP contribution >= 0.6 is 0 Å². The second kappa shape index (κ2) is 4.64. The predicted molar refractivity (Wildman–Crippen MR) is 51.0 cm³/mol. The number of rotatable bonds is 3. The highest BCUT2D eigenvalue weighted by Gasteiger charge is 2.18. The van der Waals surface area contributed by atoms with Crippen LogP contribution in [0, 0.1) is 11.8 Å². The number of carbonyl (C=O) groups excluding carboxylic acids is 1. The van der Waals surface area contributed by atoms with E-state index in [1.165, 1.54) is 32.1 Å². The van der Waals surface area contributed by atoms with Crippen molar-refractivity contribution < 1.29 is 4.79 Å². The molecule has 0 aromatic rings. The molecule has 0 spiro atoms. The van der Waals surface area contributed by atoms with Crippen LogP contribution in [0.5, 0.6) is 0 Å². The Morgan fingerprint density at radius 2 is 1.83 bits per heavy atom. The number of hydrogen-bond acceptors (Lipinski definition) is 1. The van der Waals surface area contributed by atoms with Crippen LogP contribution < -0.4 is 0 Å². The van der Waals surface area contributed by atoms with E-state index in [1.807, 2.05) is 13.8 Å². The lowest BCUT2D eigenvalue weighted by Gasteiger charge is -2.21. The summed E-state index contributed by atoms with van der Waals surface area (Å²) < 4.78 is 0. The highest BCUT2D eigenvalue weighted by Crippen LogP contribution is 2.27. The molecule has 1 rings (SSSR count). The van der Waals surface area contributed by atoms with Crippen molar-refractivity contribution in [3.05, 3.63) is 0 Å². The molecule has 0 saturated heterocycles. The Morgan fingerprint density at radius 3 is 2.33 bits per heavy atom. The first-order valence-electron chi connectivity index (χ1n) is 5.23. The molecule has 1 aliphatic carbocycles. The molecule has 12 heavy (non-hydrogen) atoms. The summed E-state index contributed by atoms with van der Waals surface area (Å²) in [6, 6.07) is 0. The zero-order chi connectivity index (χ0) is 8.97. The summed E-state index contributed by atoms with van der Waals surface area (Å²) in [4.78, 5) is 11.4. The average molecular weight is 168 g/mol. The number of ketones is 1. The molecule has 1 fully saturated rings. The molecule has 0 amide bonds. The molecule has 1 heteroatoms. The van der Waals surface area contributed by atoms with Gasteiger partial charge in [-0.3, -0.25) is 4.79 Å². The van der Waals surface area contributed by atoms with Crippen molar-refractivity contribution in [1.29, 1.82) is 0 Å². The summed E-state index contributed by atoms with van der Waals surface area (Å²) in [5.74, 6) is 1.42. The van der Waals surface area contributed by atoms with Gasteiger partial charge in [-0.05, 0) is 5.92 Å². The van der Waals surface area contributed by atoms with Crippen molar-refractivity contribution in [3.63, 3.8) is 0 Å². The number of carbonyl (C=O) groups is 1. The monoisotopic (exact) mass is 168 g/mol. The minimum absolute atomic E-state index is 0.243. The first-order valence-corrected chi connectivity index (χ1v) is 5.23. The van der Waals surface area contributed by atoms with Crippen LogP contribution in [0.4, 0.5) is 0 Å². The van der Waals surface area contributed by atoms with Crippen molar-refractivity contribution in [3.8, 4) is 0 Å². The Hall–Kier alpha value is -0.330. The molecule has 0 radical (unpaired) electrons. The van der Waals surface area contributed by atoms with Gasteiger partial charge in [-0.15, -0.1) is 0 Å². The van der Waals surface area contributed by atoms with Gasteiger partial charge in [0, 0.05) is 12.3 Å². The average Bonchev–Trinajstić information content (AvgIpc) is 2.06. The van der Waals surface area contributed by atoms with Crippen LogP contribution in [-0.4, -0.2) is 5.78 Å². The van der Waals surface area contributed by atoms with Crippen LogP contribution in [0.25, 0.3) is 0 Å². The van der Waals surface area contributed by atoms with Gasteiger partial charge in [0.25, 0.3) is 0 Å². The fourth-order valence-corrected chi connectivity index (χ4v) is 1.91. The lowest BCUT2D eigenvalue weighted by atomic mass is 9.84. The fourth-order valence-electron chi connectivity index (χ4n) is 1.91. The molecule has 0 aliphatic heterocycles. The van der Waals surface area contributed by atoms with Gasteiger partial charge in [-0.2, -0.15) is 0 Å². The standard InChI is InChI=1S/C11H20O/c1-9(2)11(12)8-10-6-4-3-5-7-10/h9-10H,3-8H2,1-2H3. The van der Waals surface area contributed by atoms with Crippen molar-refractivity contribution >= 4 is 5.78 Å². The van der Waals surface area contributed by atoms with Crippen LogP contribution in [0.3, 0.4) is 0 Å². The molecular weight excluding hydrogens is 148 g/mol. The van der Waals surface area contributed by atoms with E-state index in [-0.39, 0.29) is 5.92 Å². The molecular formula is C11H20O. The quantitative estimate of drug-likeness (QED) is 0.632. The summed E-state index contributed by atoms with van der Waals surface area (Å²) >= 11 is 0. The van der Waals surface area contributed by atoms with Gasteiger partial charge in [0.1, 0.15) is 5.78 Å². The molecule has 0 atom stereocenters. The smallest absolute Gasteiger partial charge is 0.135 e. The maximum Gasteiger partial charge on any atom is 0.135 e. The number of Topliss-reactive ketones (excluding diaryl/α,β-unsaturated/α-hetero) is 1. The lowest BCUT2D eigenvalue weighted by molar-refractivity contribution is -0.123. The molecule has 0 aromatic carbocycles. The summed E-state index contributed by atoms with van der Waals surface area (Å²) in [7, 11) is 0. The van der Waals surface area contributed by atoms with Gasteiger partial charge in [0.15, 0.2) is 0 Å². The third-order valence-electron chi connectivity index (χ3n) is 2.86. The Kier molecular flexibility index (Phi) is 3.77. The Balaban J connectivity index is 2.24. The topological polar surface area (TPSA) is 17.1 Å². The van der Waals surface area contributed by atoms with Crippen LogP contribution in [0.1, 0.15) is 52.4 Å². The van der Waals surface area contributed by atoms with Gasteiger partial charge >= 0.3 is 0 Å². The van der Waals surface area contributed by atoms with E-state index in [4.69, 9.17) is 0 Å². The highest BCUT2D eigenvalue weighted by atomic mass is 16.1. The van der Waals surface area contributed by atoms with E-state index in [2.05, 4.69) is 0 Å². The normalized spacial score (nSPS) is 19.9. The summed E-state index contributed by atoms with van der Waals surface area (Å²) in [5.41, 5.74) is 0. The van der Waals surface area contributed by atoms with Crippen molar-refractivity contribution in [1.82, 2.24) is 0 Å². The van der Waals surface area contributed by atoms with Crippen LogP contribution in [-0.2, 0) is 4.79 Å². The van der Waals surface area contributed by atoms with E-state index in [0.717, 1.165) is 6.42 Å². The van der Waals surface area contributed by atoms with Gasteiger partial charge in [-0.25, -0.2) is 0 Å². The second-order valence-corrected chi connectivity index (χ2v) is 4.33. The molecule has 1 saturated carbocycles. The maximum absolute atomic E-state index is 11.4. The fraction of sp³-hybridized carbons (Fsp3) is 0.909. The maximum atomic E-state index is 11.4. The zero-order valence-corrected chi connectivity index (χ0v) is 8.31. The van der Waals surface area contributed by atoms with E-state index in [0.29, 0.717) is 11.7 Å².